The maximum absolute atomic E-state index is 12.6. The minimum absolute atomic E-state index is 0.248. The van der Waals surface area contributed by atoms with Crippen LogP contribution >= 0.6 is 0 Å². The summed E-state index contributed by atoms with van der Waals surface area (Å²) >= 11 is 0. The van der Waals surface area contributed by atoms with Crippen molar-refractivity contribution >= 4 is 5.91 Å². The topological polar surface area (TPSA) is 49.6 Å². The Bertz CT molecular complexity index is 306. The smallest absolute Gasteiger partial charge is 0.227 e. The molecule has 3 unspecified atom stereocenters. The van der Waals surface area contributed by atoms with Crippen LogP contribution in [0.2, 0.25) is 0 Å². The van der Waals surface area contributed by atoms with Gasteiger partial charge in [0.1, 0.15) is 0 Å². The van der Waals surface area contributed by atoms with Gasteiger partial charge in [-0.05, 0) is 45.7 Å². The van der Waals surface area contributed by atoms with Crippen LogP contribution in [0.1, 0.15) is 32.1 Å². The fourth-order valence-electron chi connectivity index (χ4n) is 3.93. The molecule has 96 valence electrons. The molecule has 0 aromatic rings. The van der Waals surface area contributed by atoms with E-state index in [4.69, 9.17) is 5.73 Å². The van der Waals surface area contributed by atoms with Gasteiger partial charge in [0.2, 0.25) is 5.91 Å². The second kappa shape index (κ2) is 4.25. The summed E-state index contributed by atoms with van der Waals surface area (Å²) in [5.41, 5.74) is 6.05. The number of hydrogen-bond donors (Lipinski definition) is 1. The number of hydrogen-bond acceptors (Lipinski definition) is 3. The molecule has 3 fully saturated rings. The Hall–Kier alpha value is -0.610. The Morgan fingerprint density at radius 1 is 1.18 bits per heavy atom. The summed E-state index contributed by atoms with van der Waals surface area (Å²) in [5.74, 6) is 0.658. The summed E-state index contributed by atoms with van der Waals surface area (Å²) in [6.45, 7) is 2.01. The molecule has 0 radical (unpaired) electrons. The van der Waals surface area contributed by atoms with Crippen LogP contribution in [0, 0.1) is 5.92 Å². The molecule has 0 saturated carbocycles. The lowest BCUT2D eigenvalue weighted by Crippen LogP contribution is -2.52. The lowest BCUT2D eigenvalue weighted by atomic mass is 9.95. The SMILES string of the molecule is CN1CCC(C(=O)N2C3CCC2CC(N)C3)C1. The fraction of sp³-hybridized carbons (Fsp3) is 0.923. The minimum Gasteiger partial charge on any atom is -0.336 e. The third-order valence-electron chi connectivity index (χ3n) is 4.76. The van der Waals surface area contributed by atoms with Gasteiger partial charge >= 0.3 is 0 Å². The van der Waals surface area contributed by atoms with Crippen molar-refractivity contribution in [3.63, 3.8) is 0 Å². The van der Waals surface area contributed by atoms with Gasteiger partial charge in [-0.25, -0.2) is 0 Å². The molecule has 3 aliphatic heterocycles. The highest BCUT2D eigenvalue weighted by molar-refractivity contribution is 5.80. The predicted octanol–water partition coefficient (Wildman–Crippen LogP) is 0.419. The highest BCUT2D eigenvalue weighted by Gasteiger charge is 2.44. The number of nitrogens with two attached hydrogens (primary N) is 1. The number of amides is 1. The molecule has 2 bridgehead atoms. The maximum atomic E-state index is 12.6. The highest BCUT2D eigenvalue weighted by Crippen LogP contribution is 2.37. The second-order valence-electron chi connectivity index (χ2n) is 6.11. The number of rotatable bonds is 1. The number of likely N-dealkylation sites (tertiary alicyclic amines) is 1. The van der Waals surface area contributed by atoms with Crippen LogP contribution in [0.5, 0.6) is 0 Å². The number of carbonyl (C=O) groups is 1. The molecule has 17 heavy (non-hydrogen) atoms. The van der Waals surface area contributed by atoms with Gasteiger partial charge in [-0.3, -0.25) is 4.79 Å². The van der Waals surface area contributed by atoms with E-state index < -0.39 is 0 Å². The lowest BCUT2D eigenvalue weighted by Gasteiger charge is -2.39. The third kappa shape index (κ3) is 1.97. The first-order valence-electron chi connectivity index (χ1n) is 6.91. The first-order chi connectivity index (χ1) is 8.15. The van der Waals surface area contributed by atoms with E-state index in [0.29, 0.717) is 24.0 Å². The second-order valence-corrected chi connectivity index (χ2v) is 6.11. The van der Waals surface area contributed by atoms with Crippen LogP contribution in [-0.2, 0) is 4.79 Å². The predicted molar refractivity (Wildman–Crippen MR) is 66.5 cm³/mol. The number of piperidine rings is 1. The average molecular weight is 237 g/mol. The van der Waals surface area contributed by atoms with Gasteiger partial charge in [0.05, 0.1) is 5.92 Å². The summed E-state index contributed by atoms with van der Waals surface area (Å²) in [4.78, 5) is 17.0. The molecule has 3 aliphatic rings. The van der Waals surface area contributed by atoms with Gasteiger partial charge in [0, 0.05) is 24.7 Å². The van der Waals surface area contributed by atoms with Crippen LogP contribution in [-0.4, -0.2) is 54.0 Å². The van der Waals surface area contributed by atoms with Gasteiger partial charge in [-0.2, -0.15) is 0 Å². The summed E-state index contributed by atoms with van der Waals surface area (Å²) in [6.07, 6.45) is 5.42. The number of fused-ring (bicyclic) bond motifs is 2. The Morgan fingerprint density at radius 3 is 2.35 bits per heavy atom. The summed E-state index contributed by atoms with van der Waals surface area (Å²) < 4.78 is 0. The van der Waals surface area contributed by atoms with Crippen molar-refractivity contribution < 1.29 is 4.79 Å². The molecular weight excluding hydrogens is 214 g/mol. The quantitative estimate of drug-likeness (QED) is 0.719. The Morgan fingerprint density at radius 2 is 1.82 bits per heavy atom. The first kappa shape index (κ1) is 11.5. The van der Waals surface area contributed by atoms with Crippen molar-refractivity contribution in [1.29, 1.82) is 0 Å². The van der Waals surface area contributed by atoms with E-state index in [2.05, 4.69) is 16.8 Å². The van der Waals surface area contributed by atoms with Gasteiger partial charge in [-0.15, -0.1) is 0 Å². The molecule has 0 aliphatic carbocycles. The molecular formula is C13H23N3O. The number of carbonyl (C=O) groups excluding carboxylic acids is 1. The van der Waals surface area contributed by atoms with Gasteiger partial charge in [0.15, 0.2) is 0 Å². The van der Waals surface area contributed by atoms with Crippen LogP contribution in [0.25, 0.3) is 0 Å². The largest absolute Gasteiger partial charge is 0.336 e. The molecule has 0 spiro atoms. The molecule has 0 aromatic carbocycles. The molecule has 3 rings (SSSR count). The summed E-state index contributed by atoms with van der Waals surface area (Å²) in [5, 5.41) is 0. The lowest BCUT2D eigenvalue weighted by molar-refractivity contribution is -0.139. The normalized spacial score (nSPS) is 42.1. The zero-order chi connectivity index (χ0) is 12.0. The molecule has 2 N–H and O–H groups in total. The van der Waals surface area contributed by atoms with Gasteiger partial charge in [-0.1, -0.05) is 0 Å². The van der Waals surface area contributed by atoms with Crippen LogP contribution < -0.4 is 5.73 Å². The van der Waals surface area contributed by atoms with Crippen molar-refractivity contribution in [1.82, 2.24) is 9.80 Å². The van der Waals surface area contributed by atoms with E-state index in [0.717, 1.165) is 32.4 Å². The van der Waals surface area contributed by atoms with Gasteiger partial charge in [0.25, 0.3) is 0 Å². The van der Waals surface area contributed by atoms with E-state index in [9.17, 15) is 4.79 Å². The average Bonchev–Trinajstić information content (AvgIpc) is 2.81. The van der Waals surface area contributed by atoms with Gasteiger partial charge < -0.3 is 15.5 Å². The van der Waals surface area contributed by atoms with E-state index in [1.807, 2.05) is 0 Å². The third-order valence-corrected chi connectivity index (χ3v) is 4.76. The molecule has 4 heteroatoms. The van der Waals surface area contributed by atoms with E-state index in [-0.39, 0.29) is 5.92 Å². The maximum Gasteiger partial charge on any atom is 0.227 e. The van der Waals surface area contributed by atoms with Crippen LogP contribution in [0.3, 0.4) is 0 Å². The molecule has 3 saturated heterocycles. The summed E-state index contributed by atoms with van der Waals surface area (Å²) in [7, 11) is 2.11. The Kier molecular flexibility index (Phi) is 2.87. The van der Waals surface area contributed by atoms with Crippen LogP contribution in [0.4, 0.5) is 0 Å². The van der Waals surface area contributed by atoms with Crippen LogP contribution in [0.15, 0.2) is 0 Å². The summed E-state index contributed by atoms with van der Waals surface area (Å²) in [6, 6.07) is 1.21. The highest BCUT2D eigenvalue weighted by atomic mass is 16.2. The first-order valence-corrected chi connectivity index (χ1v) is 6.91. The molecule has 4 nitrogen and oxygen atoms in total. The molecule has 0 aromatic heterocycles. The van der Waals surface area contributed by atoms with Crippen molar-refractivity contribution in [2.45, 2.75) is 50.2 Å². The van der Waals surface area contributed by atoms with Crippen molar-refractivity contribution in [3.05, 3.63) is 0 Å². The monoisotopic (exact) mass is 237 g/mol. The van der Waals surface area contributed by atoms with E-state index in [1.54, 1.807) is 0 Å². The zero-order valence-electron chi connectivity index (χ0n) is 10.6. The van der Waals surface area contributed by atoms with E-state index >= 15 is 0 Å². The standard InChI is InChI=1S/C13H23N3O/c1-15-5-4-9(8-15)13(17)16-11-2-3-12(16)7-10(14)6-11/h9-12H,2-8,14H2,1H3. The molecule has 3 heterocycles. The van der Waals surface area contributed by atoms with Crippen molar-refractivity contribution in [3.8, 4) is 0 Å². The van der Waals surface area contributed by atoms with E-state index in [1.165, 1.54) is 12.8 Å². The van der Waals surface area contributed by atoms with Crippen molar-refractivity contribution in [2.75, 3.05) is 20.1 Å². The molecule has 1 amide bonds. The Labute approximate surface area is 103 Å². The Balaban J connectivity index is 1.70. The number of nitrogens with zero attached hydrogens (tertiary/aromatic N) is 2. The zero-order valence-corrected chi connectivity index (χ0v) is 10.6. The minimum atomic E-state index is 0.248. The molecule has 3 atom stereocenters. The van der Waals surface area contributed by atoms with Crippen molar-refractivity contribution in [2.24, 2.45) is 11.7 Å². The fourth-order valence-corrected chi connectivity index (χ4v) is 3.93.